The van der Waals surface area contributed by atoms with E-state index in [0.29, 0.717) is 5.56 Å². The maximum Gasteiger partial charge on any atom is 0.425 e. The van der Waals surface area contributed by atoms with Gasteiger partial charge in [0.2, 0.25) is 0 Å². The standard InChI is InChI=1S/C21H17F5N4O2/c1-11-4-13(8-27)9-29-18(11)16(31)6-12-2-3-15(23)14(5-12)20(10-22)7-17(21(24,25)26)32-19(28)30-20/h2-5,9,17H,6-7,10H2,1H3,(H2,28,30)/t17-,20+/m0/s1. The van der Waals surface area contributed by atoms with Gasteiger partial charge < -0.3 is 10.5 Å². The van der Waals surface area contributed by atoms with Crippen LogP contribution in [0.25, 0.3) is 0 Å². The largest absolute Gasteiger partial charge is 0.452 e. The Morgan fingerprint density at radius 3 is 2.69 bits per heavy atom. The second-order valence-corrected chi connectivity index (χ2v) is 7.38. The highest BCUT2D eigenvalue weighted by molar-refractivity contribution is 5.97. The molecule has 0 spiro atoms. The van der Waals surface area contributed by atoms with Crippen LogP contribution in [0.1, 0.15) is 39.2 Å². The van der Waals surface area contributed by atoms with Gasteiger partial charge in [0, 0.05) is 24.6 Å². The van der Waals surface area contributed by atoms with Gasteiger partial charge in [-0.25, -0.2) is 13.8 Å². The van der Waals surface area contributed by atoms with Crippen LogP contribution in [0.3, 0.4) is 0 Å². The molecule has 1 aliphatic heterocycles. The van der Waals surface area contributed by atoms with E-state index in [1.165, 1.54) is 18.3 Å². The second kappa shape index (κ2) is 8.53. The number of rotatable bonds is 5. The van der Waals surface area contributed by atoms with Gasteiger partial charge in [0.25, 0.3) is 6.02 Å². The van der Waals surface area contributed by atoms with E-state index in [0.717, 1.165) is 12.1 Å². The minimum atomic E-state index is -4.87. The molecule has 168 valence electrons. The van der Waals surface area contributed by atoms with E-state index < -0.39 is 54.1 Å². The number of Topliss-reactive ketones (excluding diaryl/α,β-unsaturated/α-hetero) is 1. The van der Waals surface area contributed by atoms with Gasteiger partial charge in [0.15, 0.2) is 11.9 Å². The first-order valence-corrected chi connectivity index (χ1v) is 9.32. The summed E-state index contributed by atoms with van der Waals surface area (Å²) in [6.07, 6.45) is -7.41. The number of aliphatic imine (C=N–C) groups is 1. The molecule has 0 fully saturated rings. The molecule has 1 aliphatic rings. The lowest BCUT2D eigenvalue weighted by molar-refractivity contribution is -0.209. The van der Waals surface area contributed by atoms with Gasteiger partial charge >= 0.3 is 6.18 Å². The molecule has 0 saturated carbocycles. The molecule has 0 bridgehead atoms. The number of halogens is 5. The summed E-state index contributed by atoms with van der Waals surface area (Å²) in [5, 5.41) is 8.90. The third kappa shape index (κ3) is 4.54. The number of carbonyl (C=O) groups is 1. The fourth-order valence-corrected chi connectivity index (χ4v) is 3.52. The Kier molecular flexibility index (Phi) is 6.16. The Morgan fingerprint density at radius 2 is 2.09 bits per heavy atom. The molecule has 0 aliphatic carbocycles. The van der Waals surface area contributed by atoms with E-state index in [-0.39, 0.29) is 23.2 Å². The smallest absolute Gasteiger partial charge is 0.425 e. The van der Waals surface area contributed by atoms with Crippen molar-refractivity contribution in [3.05, 3.63) is 64.2 Å². The number of nitrogens with two attached hydrogens (primary N) is 1. The van der Waals surface area contributed by atoms with Gasteiger partial charge in [-0.2, -0.15) is 18.4 Å². The number of aryl methyl sites for hydroxylation is 1. The first-order valence-electron chi connectivity index (χ1n) is 9.32. The number of pyridine rings is 1. The molecule has 0 saturated heterocycles. The van der Waals surface area contributed by atoms with Gasteiger partial charge in [-0.05, 0) is 36.2 Å². The number of benzene rings is 1. The highest BCUT2D eigenvalue weighted by Gasteiger charge is 2.52. The number of ether oxygens (including phenoxy) is 1. The van der Waals surface area contributed by atoms with Crippen LogP contribution in [0.4, 0.5) is 22.0 Å². The van der Waals surface area contributed by atoms with E-state index in [2.05, 4.69) is 14.7 Å². The van der Waals surface area contributed by atoms with E-state index in [9.17, 15) is 26.7 Å². The van der Waals surface area contributed by atoms with Crippen molar-refractivity contribution >= 4 is 11.8 Å². The summed E-state index contributed by atoms with van der Waals surface area (Å²) in [6, 6.07) is 5.75. The minimum absolute atomic E-state index is 0.0838. The minimum Gasteiger partial charge on any atom is -0.452 e. The monoisotopic (exact) mass is 452 g/mol. The molecule has 0 amide bonds. The molecular formula is C21H17F5N4O2. The van der Waals surface area contributed by atoms with E-state index >= 15 is 0 Å². The summed E-state index contributed by atoms with van der Waals surface area (Å²) < 4.78 is 72.8. The van der Waals surface area contributed by atoms with Crippen LogP contribution in [-0.2, 0) is 16.7 Å². The summed E-state index contributed by atoms with van der Waals surface area (Å²) in [7, 11) is 0. The van der Waals surface area contributed by atoms with Crippen molar-refractivity contribution in [2.75, 3.05) is 6.67 Å². The quantitative estimate of drug-likeness (QED) is 0.551. The van der Waals surface area contributed by atoms with Crippen LogP contribution in [0.5, 0.6) is 0 Å². The number of alkyl halides is 4. The van der Waals surface area contributed by atoms with Crippen molar-refractivity contribution in [1.29, 1.82) is 5.26 Å². The fourth-order valence-electron chi connectivity index (χ4n) is 3.52. The van der Waals surface area contributed by atoms with Crippen LogP contribution in [0.15, 0.2) is 35.5 Å². The first-order chi connectivity index (χ1) is 15.0. The predicted octanol–water partition coefficient (Wildman–Crippen LogP) is 3.66. The number of nitriles is 1. The Labute approximate surface area is 179 Å². The average molecular weight is 452 g/mol. The zero-order valence-electron chi connectivity index (χ0n) is 16.7. The van der Waals surface area contributed by atoms with Crippen LogP contribution < -0.4 is 5.73 Å². The third-order valence-electron chi connectivity index (χ3n) is 5.06. The summed E-state index contributed by atoms with van der Waals surface area (Å²) in [5.74, 6) is -1.46. The number of hydrogen-bond donors (Lipinski definition) is 1. The van der Waals surface area contributed by atoms with Gasteiger partial charge in [-0.15, -0.1) is 0 Å². The molecule has 6 nitrogen and oxygen atoms in total. The molecule has 11 heteroatoms. The van der Waals surface area contributed by atoms with Crippen molar-refractivity contribution in [2.24, 2.45) is 10.7 Å². The molecule has 1 aromatic heterocycles. The second-order valence-electron chi connectivity index (χ2n) is 7.38. The lowest BCUT2D eigenvalue weighted by Gasteiger charge is -2.36. The number of hydrogen-bond acceptors (Lipinski definition) is 6. The highest BCUT2D eigenvalue weighted by atomic mass is 19.4. The zero-order valence-corrected chi connectivity index (χ0v) is 16.7. The number of nitrogens with zero attached hydrogens (tertiary/aromatic N) is 3. The van der Waals surface area contributed by atoms with Gasteiger partial charge in [-0.1, -0.05) is 6.07 Å². The van der Waals surface area contributed by atoms with Crippen LogP contribution in [-0.4, -0.2) is 35.7 Å². The van der Waals surface area contributed by atoms with Crippen molar-refractivity contribution < 1.29 is 31.5 Å². The van der Waals surface area contributed by atoms with Crippen molar-refractivity contribution in [3.63, 3.8) is 0 Å². The summed E-state index contributed by atoms with van der Waals surface area (Å²) in [4.78, 5) is 20.3. The molecule has 1 aromatic carbocycles. The summed E-state index contributed by atoms with van der Waals surface area (Å²) in [6.45, 7) is 0.125. The van der Waals surface area contributed by atoms with Gasteiger partial charge in [-0.3, -0.25) is 9.78 Å². The maximum atomic E-state index is 14.6. The highest BCUT2D eigenvalue weighted by Crippen LogP contribution is 2.41. The summed E-state index contributed by atoms with van der Waals surface area (Å²) >= 11 is 0. The lowest BCUT2D eigenvalue weighted by Crippen LogP contribution is -2.48. The molecule has 3 rings (SSSR count). The Balaban J connectivity index is 1.97. The van der Waals surface area contributed by atoms with Crippen LogP contribution >= 0.6 is 0 Å². The molecular weight excluding hydrogens is 435 g/mol. The zero-order chi connectivity index (χ0) is 23.7. The van der Waals surface area contributed by atoms with Crippen molar-refractivity contribution in [1.82, 2.24) is 4.98 Å². The van der Waals surface area contributed by atoms with Crippen molar-refractivity contribution in [3.8, 4) is 6.07 Å². The average Bonchev–Trinajstić information content (AvgIpc) is 2.73. The Morgan fingerprint density at radius 1 is 1.38 bits per heavy atom. The lowest BCUT2D eigenvalue weighted by atomic mass is 9.83. The maximum absolute atomic E-state index is 14.6. The normalized spacial score (nSPS) is 20.8. The first kappa shape index (κ1) is 23.1. The molecule has 2 N–H and O–H groups in total. The molecule has 2 aromatic rings. The third-order valence-corrected chi connectivity index (χ3v) is 5.06. The predicted molar refractivity (Wildman–Crippen MR) is 103 cm³/mol. The number of carbonyl (C=O) groups excluding carboxylic acids is 1. The fraction of sp³-hybridized carbons (Fsp3) is 0.333. The van der Waals surface area contributed by atoms with Crippen LogP contribution in [0, 0.1) is 24.1 Å². The van der Waals surface area contributed by atoms with Gasteiger partial charge in [0.05, 0.1) is 5.56 Å². The number of amidine groups is 1. The molecule has 0 radical (unpaired) electrons. The number of ketones is 1. The van der Waals surface area contributed by atoms with Crippen LogP contribution in [0.2, 0.25) is 0 Å². The Bertz CT molecular complexity index is 1130. The molecule has 2 heterocycles. The molecule has 0 unspecified atom stereocenters. The summed E-state index contributed by atoms with van der Waals surface area (Å²) in [5.41, 5.74) is 3.65. The van der Waals surface area contributed by atoms with Gasteiger partial charge in [0.1, 0.15) is 29.8 Å². The van der Waals surface area contributed by atoms with E-state index in [1.807, 2.05) is 6.07 Å². The SMILES string of the molecule is Cc1cc(C#N)cnc1C(=O)Cc1ccc(F)c([C@]2(CF)C[C@@H](C(F)(F)F)OC(N)=N2)c1. The van der Waals surface area contributed by atoms with E-state index in [4.69, 9.17) is 11.0 Å². The topological polar surface area (TPSA) is 101 Å². The molecule has 2 atom stereocenters. The van der Waals surface area contributed by atoms with Crippen molar-refractivity contribution in [2.45, 2.75) is 37.6 Å². The Hall–Kier alpha value is -3.55. The molecule has 32 heavy (non-hydrogen) atoms. The number of aromatic nitrogens is 1. The van der Waals surface area contributed by atoms with E-state index in [1.54, 1.807) is 6.92 Å².